The Hall–Kier alpha value is -0.0400. The Bertz CT molecular complexity index is 57.4. The molecule has 1 aliphatic rings. The maximum absolute atomic E-state index is 5.11. The molecule has 47 valence electrons. The summed E-state index contributed by atoms with van der Waals surface area (Å²) in [6.07, 6.45) is 4.18. The van der Waals surface area contributed by atoms with Gasteiger partial charge in [-0.05, 0) is 25.7 Å². The van der Waals surface area contributed by atoms with Crippen molar-refractivity contribution in [2.75, 3.05) is 6.61 Å². The summed E-state index contributed by atoms with van der Waals surface area (Å²) in [4.78, 5) is 0. The van der Waals surface area contributed by atoms with Crippen molar-refractivity contribution < 1.29 is 4.74 Å². The second-order valence-electron chi connectivity index (χ2n) is 2.37. The van der Waals surface area contributed by atoms with Gasteiger partial charge in [0.15, 0.2) is 0 Å². The molecule has 1 nitrogen and oxygen atoms in total. The molecule has 1 saturated carbocycles. The lowest BCUT2D eigenvalue weighted by Crippen LogP contribution is -2.16. The summed E-state index contributed by atoms with van der Waals surface area (Å²) < 4.78 is 5.11. The Morgan fingerprint density at radius 1 is 1.62 bits per heavy atom. The number of ether oxygens (including phenoxy) is 1. The predicted octanol–water partition coefficient (Wildman–Crippen LogP) is 1.98. The number of hydrogen-bond acceptors (Lipinski definition) is 1. The molecule has 1 fully saturated rings. The summed E-state index contributed by atoms with van der Waals surface area (Å²) in [6.45, 7) is 4.66. The van der Waals surface area contributed by atoms with Crippen LogP contribution < -0.4 is 0 Å². The van der Waals surface area contributed by atoms with Gasteiger partial charge < -0.3 is 4.74 Å². The Morgan fingerprint density at radius 3 is 2.75 bits per heavy atom. The SMILES string of the molecule is C[CH]OCC1CCC1. The third-order valence-corrected chi connectivity index (χ3v) is 1.72. The standard InChI is InChI=1S/C7H13O/c1-2-8-6-7-4-3-5-7/h2,7H,3-6H2,1H3. The summed E-state index contributed by atoms with van der Waals surface area (Å²) in [5, 5.41) is 0. The smallest absolute Gasteiger partial charge is 0.0806 e. The molecule has 0 atom stereocenters. The minimum Gasteiger partial charge on any atom is -0.376 e. The Morgan fingerprint density at radius 2 is 2.38 bits per heavy atom. The van der Waals surface area contributed by atoms with Gasteiger partial charge in [0, 0.05) is 6.61 Å². The lowest BCUT2D eigenvalue weighted by molar-refractivity contribution is 0.116. The van der Waals surface area contributed by atoms with E-state index in [1.165, 1.54) is 19.3 Å². The molecule has 0 aromatic carbocycles. The van der Waals surface area contributed by atoms with Gasteiger partial charge in [0.05, 0.1) is 6.61 Å². The van der Waals surface area contributed by atoms with Gasteiger partial charge in [-0.3, -0.25) is 0 Å². The normalized spacial score (nSPS) is 20.6. The van der Waals surface area contributed by atoms with E-state index in [2.05, 4.69) is 0 Å². The molecular formula is C7H13O. The van der Waals surface area contributed by atoms with Gasteiger partial charge >= 0.3 is 0 Å². The van der Waals surface area contributed by atoms with E-state index in [-0.39, 0.29) is 0 Å². The lowest BCUT2D eigenvalue weighted by Gasteiger charge is -2.24. The molecule has 0 N–H and O–H groups in total. The minimum atomic E-state index is 0.881. The van der Waals surface area contributed by atoms with Crippen LogP contribution in [0.5, 0.6) is 0 Å². The van der Waals surface area contributed by atoms with Crippen LogP contribution in [0.3, 0.4) is 0 Å². The van der Waals surface area contributed by atoms with Crippen molar-refractivity contribution in [2.45, 2.75) is 26.2 Å². The van der Waals surface area contributed by atoms with E-state index < -0.39 is 0 Å². The summed E-state index contributed by atoms with van der Waals surface area (Å²) in [5.74, 6) is 0.881. The summed E-state index contributed by atoms with van der Waals surface area (Å²) in [7, 11) is 0. The molecule has 1 aliphatic carbocycles. The zero-order valence-electron chi connectivity index (χ0n) is 5.39. The first-order valence-corrected chi connectivity index (χ1v) is 3.33. The van der Waals surface area contributed by atoms with Crippen LogP contribution >= 0.6 is 0 Å². The fourth-order valence-corrected chi connectivity index (χ4v) is 0.892. The van der Waals surface area contributed by atoms with Gasteiger partial charge in [0.1, 0.15) is 0 Å². The molecule has 0 unspecified atom stereocenters. The third-order valence-electron chi connectivity index (χ3n) is 1.72. The topological polar surface area (TPSA) is 9.23 Å². The first-order valence-electron chi connectivity index (χ1n) is 3.33. The van der Waals surface area contributed by atoms with Gasteiger partial charge in [-0.25, -0.2) is 0 Å². The molecule has 0 bridgehead atoms. The molecule has 0 saturated heterocycles. The highest BCUT2D eigenvalue weighted by molar-refractivity contribution is 4.68. The fraction of sp³-hybridized carbons (Fsp3) is 0.857. The molecule has 8 heavy (non-hydrogen) atoms. The first-order chi connectivity index (χ1) is 3.93. The van der Waals surface area contributed by atoms with Crippen LogP contribution in [0.2, 0.25) is 0 Å². The van der Waals surface area contributed by atoms with Crippen molar-refractivity contribution in [3.63, 3.8) is 0 Å². The highest BCUT2D eigenvalue weighted by Crippen LogP contribution is 2.26. The third kappa shape index (κ3) is 1.48. The van der Waals surface area contributed by atoms with E-state index in [1.807, 2.05) is 6.92 Å². The van der Waals surface area contributed by atoms with Crippen LogP contribution in [0.25, 0.3) is 0 Å². The van der Waals surface area contributed by atoms with E-state index >= 15 is 0 Å². The van der Waals surface area contributed by atoms with Gasteiger partial charge in [-0.15, -0.1) is 0 Å². The molecule has 1 rings (SSSR count). The Labute approximate surface area is 51.0 Å². The number of rotatable bonds is 3. The van der Waals surface area contributed by atoms with E-state index in [0.29, 0.717) is 0 Å². The molecule has 0 heterocycles. The van der Waals surface area contributed by atoms with E-state index in [4.69, 9.17) is 4.74 Å². The number of hydrogen-bond donors (Lipinski definition) is 0. The Balaban J connectivity index is 1.86. The highest BCUT2D eigenvalue weighted by Gasteiger charge is 2.16. The molecule has 1 radical (unpaired) electrons. The maximum atomic E-state index is 5.11. The largest absolute Gasteiger partial charge is 0.376 e. The van der Waals surface area contributed by atoms with Crippen molar-refractivity contribution in [3.8, 4) is 0 Å². The maximum Gasteiger partial charge on any atom is 0.0806 e. The summed E-state index contributed by atoms with van der Waals surface area (Å²) in [6, 6.07) is 0. The molecule has 0 spiro atoms. The monoisotopic (exact) mass is 113 g/mol. The summed E-state index contributed by atoms with van der Waals surface area (Å²) >= 11 is 0. The van der Waals surface area contributed by atoms with Crippen LogP contribution in [0.4, 0.5) is 0 Å². The zero-order chi connectivity index (χ0) is 5.82. The highest BCUT2D eigenvalue weighted by atomic mass is 16.5. The molecule has 0 aromatic rings. The Kier molecular flexibility index (Phi) is 2.34. The van der Waals surface area contributed by atoms with Crippen molar-refractivity contribution in [1.82, 2.24) is 0 Å². The molecule has 1 heteroatoms. The molecule has 0 aromatic heterocycles. The van der Waals surface area contributed by atoms with Gasteiger partial charge in [0.2, 0.25) is 0 Å². The van der Waals surface area contributed by atoms with Gasteiger partial charge in [-0.1, -0.05) is 6.42 Å². The van der Waals surface area contributed by atoms with Crippen LogP contribution in [-0.2, 0) is 4.74 Å². The predicted molar refractivity (Wildman–Crippen MR) is 33.3 cm³/mol. The second kappa shape index (κ2) is 3.08. The lowest BCUT2D eigenvalue weighted by atomic mass is 9.86. The van der Waals surface area contributed by atoms with Gasteiger partial charge in [0.25, 0.3) is 0 Å². The average Bonchev–Trinajstić information content (AvgIpc) is 1.63. The van der Waals surface area contributed by atoms with E-state index in [0.717, 1.165) is 12.5 Å². The van der Waals surface area contributed by atoms with Crippen molar-refractivity contribution in [2.24, 2.45) is 5.92 Å². The first kappa shape index (κ1) is 6.09. The van der Waals surface area contributed by atoms with E-state index in [1.54, 1.807) is 6.61 Å². The van der Waals surface area contributed by atoms with E-state index in [9.17, 15) is 0 Å². The van der Waals surface area contributed by atoms with Crippen molar-refractivity contribution in [3.05, 3.63) is 6.61 Å². The van der Waals surface area contributed by atoms with Crippen LogP contribution in [0.15, 0.2) is 0 Å². The fourth-order valence-electron chi connectivity index (χ4n) is 0.892. The van der Waals surface area contributed by atoms with Crippen LogP contribution in [-0.4, -0.2) is 6.61 Å². The van der Waals surface area contributed by atoms with Crippen LogP contribution in [0, 0.1) is 12.5 Å². The molecule has 0 amide bonds. The molecule has 0 aliphatic heterocycles. The second-order valence-corrected chi connectivity index (χ2v) is 2.37. The zero-order valence-corrected chi connectivity index (χ0v) is 5.39. The van der Waals surface area contributed by atoms with Crippen molar-refractivity contribution in [1.29, 1.82) is 0 Å². The van der Waals surface area contributed by atoms with Crippen molar-refractivity contribution >= 4 is 0 Å². The molecular weight excluding hydrogens is 100 g/mol. The minimum absolute atomic E-state index is 0.881. The van der Waals surface area contributed by atoms with Gasteiger partial charge in [-0.2, -0.15) is 0 Å². The average molecular weight is 113 g/mol. The quantitative estimate of drug-likeness (QED) is 0.543. The van der Waals surface area contributed by atoms with Crippen LogP contribution in [0.1, 0.15) is 26.2 Å². The summed E-state index contributed by atoms with van der Waals surface area (Å²) in [5.41, 5.74) is 0.